The summed E-state index contributed by atoms with van der Waals surface area (Å²) in [5.41, 5.74) is 4.36. The van der Waals surface area contributed by atoms with Gasteiger partial charge >= 0.3 is 5.97 Å². The van der Waals surface area contributed by atoms with Crippen LogP contribution >= 0.6 is 0 Å². The van der Waals surface area contributed by atoms with Gasteiger partial charge in [0, 0.05) is 11.3 Å². The molecule has 1 amide bonds. The maximum atomic E-state index is 13.4. The molecule has 0 saturated heterocycles. The van der Waals surface area contributed by atoms with E-state index in [-0.39, 0.29) is 11.9 Å². The largest absolute Gasteiger partial charge is 0.497 e. The Balaban J connectivity index is 1.70. The molecule has 1 aliphatic heterocycles. The first kappa shape index (κ1) is 21.1. The number of methoxy groups -OCH3 is 1. The van der Waals surface area contributed by atoms with E-state index in [2.05, 4.69) is 0 Å². The molecule has 0 spiro atoms. The maximum Gasteiger partial charge on any atom is 0.338 e. The van der Waals surface area contributed by atoms with Crippen molar-refractivity contribution >= 4 is 29.3 Å². The van der Waals surface area contributed by atoms with Gasteiger partial charge in [0.25, 0.3) is 5.91 Å². The van der Waals surface area contributed by atoms with Crippen LogP contribution in [0.5, 0.6) is 5.75 Å². The Bertz CT molecular complexity index is 1180. The number of nitrogens with zero attached hydrogens (tertiary/aromatic N) is 1. The molecule has 0 fully saturated rings. The summed E-state index contributed by atoms with van der Waals surface area (Å²) in [5, 5.41) is 0. The number of hydrogen-bond donors (Lipinski definition) is 0. The molecule has 0 atom stereocenters. The smallest absolute Gasteiger partial charge is 0.338 e. The van der Waals surface area contributed by atoms with E-state index in [1.165, 1.54) is 0 Å². The first-order chi connectivity index (χ1) is 15.6. The molecule has 3 aromatic carbocycles. The Morgan fingerprint density at radius 2 is 1.62 bits per heavy atom. The zero-order valence-electron chi connectivity index (χ0n) is 17.9. The Kier molecular flexibility index (Phi) is 6.17. The first-order valence-corrected chi connectivity index (χ1v) is 10.3. The second-order valence-corrected chi connectivity index (χ2v) is 7.18. The molecule has 0 saturated carbocycles. The van der Waals surface area contributed by atoms with Crippen molar-refractivity contribution in [2.75, 3.05) is 18.6 Å². The van der Waals surface area contributed by atoms with E-state index in [4.69, 9.17) is 9.47 Å². The summed E-state index contributed by atoms with van der Waals surface area (Å²) in [6.45, 7) is 2.10. The van der Waals surface area contributed by atoms with Crippen molar-refractivity contribution in [1.82, 2.24) is 0 Å². The molecule has 5 nitrogen and oxygen atoms in total. The molecule has 3 aromatic rings. The fourth-order valence-corrected chi connectivity index (χ4v) is 3.53. The molecule has 32 heavy (non-hydrogen) atoms. The number of carbonyl (C=O) groups is 2. The molecule has 0 aromatic heterocycles. The second-order valence-electron chi connectivity index (χ2n) is 7.18. The van der Waals surface area contributed by atoms with Crippen LogP contribution in [0.2, 0.25) is 0 Å². The highest BCUT2D eigenvalue weighted by atomic mass is 16.5. The normalized spacial score (nSPS) is 14.4. The van der Waals surface area contributed by atoms with Gasteiger partial charge < -0.3 is 9.47 Å². The van der Waals surface area contributed by atoms with E-state index in [1.54, 1.807) is 43.2 Å². The summed E-state index contributed by atoms with van der Waals surface area (Å²) in [6, 6.07) is 24.2. The van der Waals surface area contributed by atoms with Crippen molar-refractivity contribution < 1.29 is 19.1 Å². The quantitative estimate of drug-likeness (QED) is 0.395. The molecule has 5 heteroatoms. The van der Waals surface area contributed by atoms with Gasteiger partial charge in [0.15, 0.2) is 0 Å². The van der Waals surface area contributed by atoms with Crippen LogP contribution in [-0.4, -0.2) is 25.6 Å². The summed E-state index contributed by atoms with van der Waals surface area (Å²) in [4.78, 5) is 27.0. The fraction of sp³-hybridized carbons (Fsp3) is 0.111. The average molecular weight is 425 g/mol. The summed E-state index contributed by atoms with van der Waals surface area (Å²) in [7, 11) is 1.61. The average Bonchev–Trinajstić information content (AvgIpc) is 3.16. The highest BCUT2D eigenvalue weighted by Gasteiger charge is 2.30. The number of carbonyl (C=O) groups excluding carboxylic acids is 2. The fourth-order valence-electron chi connectivity index (χ4n) is 3.53. The zero-order valence-corrected chi connectivity index (χ0v) is 17.9. The predicted molar refractivity (Wildman–Crippen MR) is 125 cm³/mol. The van der Waals surface area contributed by atoms with Crippen molar-refractivity contribution in [3.8, 4) is 5.75 Å². The molecular formula is C27H23NO4. The van der Waals surface area contributed by atoms with Crippen LogP contribution in [-0.2, 0) is 9.53 Å². The Hall–Kier alpha value is -4.12. The van der Waals surface area contributed by atoms with Gasteiger partial charge in [-0.25, -0.2) is 4.79 Å². The monoisotopic (exact) mass is 425 g/mol. The molecular weight excluding hydrogens is 402 g/mol. The lowest BCUT2D eigenvalue weighted by Crippen LogP contribution is -2.24. The number of esters is 1. The molecule has 4 rings (SSSR count). The number of rotatable bonds is 6. The van der Waals surface area contributed by atoms with Crippen molar-refractivity contribution in [2.45, 2.75) is 6.92 Å². The minimum absolute atomic E-state index is 0.122. The summed E-state index contributed by atoms with van der Waals surface area (Å²) < 4.78 is 10.3. The molecule has 1 aliphatic rings. The topological polar surface area (TPSA) is 55.8 Å². The van der Waals surface area contributed by atoms with E-state index < -0.39 is 0 Å². The van der Waals surface area contributed by atoms with Gasteiger partial charge in [0.2, 0.25) is 0 Å². The standard InChI is InChI=1S/C27H23NO4/c1-3-32-27(30)21-11-9-19(10-12-21)17-22-18-25(20-7-5-4-6-8-20)28(26(22)29)23-13-15-24(31-2)16-14-23/h4-18H,3H2,1-2H3/b22-17+. The molecule has 160 valence electrons. The number of benzene rings is 3. The lowest BCUT2D eigenvalue weighted by atomic mass is 10.1. The predicted octanol–water partition coefficient (Wildman–Crippen LogP) is 5.34. The van der Waals surface area contributed by atoms with Crippen LogP contribution in [0, 0.1) is 0 Å². The molecule has 0 radical (unpaired) electrons. The number of anilines is 1. The van der Waals surface area contributed by atoms with E-state index in [9.17, 15) is 9.59 Å². The van der Waals surface area contributed by atoms with E-state index >= 15 is 0 Å². The van der Waals surface area contributed by atoms with Crippen LogP contribution in [0.15, 0.2) is 90.5 Å². The van der Waals surface area contributed by atoms with Crippen LogP contribution < -0.4 is 9.64 Å². The van der Waals surface area contributed by atoms with Crippen LogP contribution in [0.25, 0.3) is 11.8 Å². The Morgan fingerprint density at radius 1 is 0.938 bits per heavy atom. The molecule has 0 N–H and O–H groups in total. The third-order valence-corrected chi connectivity index (χ3v) is 5.13. The molecule has 1 heterocycles. The van der Waals surface area contributed by atoms with Gasteiger partial charge in [-0.1, -0.05) is 42.5 Å². The Labute approximate surface area is 187 Å². The first-order valence-electron chi connectivity index (χ1n) is 10.3. The van der Waals surface area contributed by atoms with E-state index in [1.807, 2.05) is 66.7 Å². The Morgan fingerprint density at radius 3 is 2.25 bits per heavy atom. The lowest BCUT2D eigenvalue weighted by Gasteiger charge is -2.21. The third-order valence-electron chi connectivity index (χ3n) is 5.13. The van der Waals surface area contributed by atoms with Gasteiger partial charge in [-0.15, -0.1) is 0 Å². The second kappa shape index (κ2) is 9.35. The lowest BCUT2D eigenvalue weighted by molar-refractivity contribution is -0.113. The SMILES string of the molecule is CCOC(=O)c1ccc(/C=C2\C=C(c3ccccc3)N(c3ccc(OC)cc3)C2=O)cc1. The summed E-state index contributed by atoms with van der Waals surface area (Å²) >= 11 is 0. The van der Waals surface area contributed by atoms with E-state index in [0.717, 1.165) is 28.3 Å². The van der Waals surface area contributed by atoms with Crippen LogP contribution in [0.1, 0.15) is 28.4 Å². The van der Waals surface area contributed by atoms with Crippen molar-refractivity contribution in [1.29, 1.82) is 0 Å². The third kappa shape index (κ3) is 4.32. The molecule has 0 bridgehead atoms. The maximum absolute atomic E-state index is 13.4. The minimum Gasteiger partial charge on any atom is -0.497 e. The van der Waals surface area contributed by atoms with Gasteiger partial charge in [-0.2, -0.15) is 0 Å². The van der Waals surface area contributed by atoms with Gasteiger partial charge in [-0.05, 0) is 66.6 Å². The number of amides is 1. The minimum atomic E-state index is -0.361. The van der Waals surface area contributed by atoms with Crippen molar-refractivity contribution in [2.24, 2.45) is 0 Å². The van der Waals surface area contributed by atoms with Crippen LogP contribution in [0.3, 0.4) is 0 Å². The molecule has 0 unspecified atom stereocenters. The van der Waals surface area contributed by atoms with Crippen molar-refractivity contribution in [3.63, 3.8) is 0 Å². The highest BCUT2D eigenvalue weighted by Crippen LogP contribution is 2.35. The number of hydrogen-bond acceptors (Lipinski definition) is 4. The van der Waals surface area contributed by atoms with Crippen LogP contribution in [0.4, 0.5) is 5.69 Å². The van der Waals surface area contributed by atoms with Gasteiger partial charge in [0.05, 0.1) is 25.0 Å². The summed E-state index contributed by atoms with van der Waals surface area (Å²) in [6.07, 6.45) is 3.71. The summed E-state index contributed by atoms with van der Waals surface area (Å²) in [5.74, 6) is 0.243. The van der Waals surface area contributed by atoms with Gasteiger partial charge in [0.1, 0.15) is 5.75 Å². The van der Waals surface area contributed by atoms with Gasteiger partial charge in [-0.3, -0.25) is 9.69 Å². The number of ether oxygens (including phenoxy) is 2. The highest BCUT2D eigenvalue weighted by molar-refractivity contribution is 6.23. The van der Waals surface area contributed by atoms with Crippen molar-refractivity contribution in [3.05, 3.63) is 107 Å². The zero-order chi connectivity index (χ0) is 22.5. The van der Waals surface area contributed by atoms with E-state index in [0.29, 0.717) is 17.7 Å². The molecule has 0 aliphatic carbocycles.